The molecule has 1 aliphatic heterocycles. The molecule has 0 spiro atoms. The van der Waals surface area contributed by atoms with Gasteiger partial charge in [-0.05, 0) is 0 Å². The van der Waals surface area contributed by atoms with E-state index >= 15 is 0 Å². The number of hydrogen-bond donors (Lipinski definition) is 3. The van der Waals surface area contributed by atoms with E-state index in [4.69, 9.17) is 16.7 Å². The predicted molar refractivity (Wildman–Crippen MR) is 48.2 cm³/mol. The summed E-state index contributed by atoms with van der Waals surface area (Å²) in [6, 6.07) is -0.549. The van der Waals surface area contributed by atoms with Crippen LogP contribution in [0.3, 0.4) is 0 Å². The van der Waals surface area contributed by atoms with Gasteiger partial charge in [0.25, 0.3) is 0 Å². The number of carbonyl (C=O) groups excluding carboxylic acids is 1. The summed E-state index contributed by atoms with van der Waals surface area (Å²) in [6.45, 7) is 1.03. The minimum absolute atomic E-state index is 0.0611. The first kappa shape index (κ1) is 10.1. The number of carbonyl (C=O) groups is 1. The van der Waals surface area contributed by atoms with Crippen molar-refractivity contribution in [2.75, 3.05) is 20.0 Å². The SMILES string of the molecule is N#CN=C(N)N1CNCN(C(N)=O)C1. The fourth-order valence-corrected chi connectivity index (χ4v) is 1.05. The van der Waals surface area contributed by atoms with Gasteiger partial charge in [0.2, 0.25) is 12.2 Å². The topological polar surface area (TPSA) is 124 Å². The van der Waals surface area contributed by atoms with Crippen molar-refractivity contribution in [2.24, 2.45) is 16.5 Å². The number of rotatable bonds is 0. The summed E-state index contributed by atoms with van der Waals surface area (Å²) < 4.78 is 0. The van der Waals surface area contributed by atoms with Crippen LogP contribution in [0.4, 0.5) is 4.79 Å². The Morgan fingerprint density at radius 2 is 2.07 bits per heavy atom. The molecule has 8 nitrogen and oxygen atoms in total. The molecule has 1 saturated heterocycles. The first-order chi connectivity index (χ1) is 6.65. The molecule has 76 valence electrons. The third-order valence-corrected chi connectivity index (χ3v) is 1.75. The van der Waals surface area contributed by atoms with Crippen LogP contribution in [0.1, 0.15) is 0 Å². The highest BCUT2D eigenvalue weighted by Gasteiger charge is 2.20. The number of primary amides is 1. The van der Waals surface area contributed by atoms with Crippen LogP contribution >= 0.6 is 0 Å². The summed E-state index contributed by atoms with van der Waals surface area (Å²) in [5.74, 6) is 0.0611. The lowest BCUT2D eigenvalue weighted by molar-refractivity contribution is 0.135. The Kier molecular flexibility index (Phi) is 3.09. The molecular weight excluding hydrogens is 186 g/mol. The number of nitrogens with zero attached hydrogens (tertiary/aromatic N) is 4. The number of urea groups is 1. The maximum atomic E-state index is 10.8. The Morgan fingerprint density at radius 3 is 2.64 bits per heavy atom. The maximum absolute atomic E-state index is 10.8. The molecule has 0 aromatic carbocycles. The van der Waals surface area contributed by atoms with Crippen LogP contribution in [-0.2, 0) is 0 Å². The molecule has 0 saturated carbocycles. The fourth-order valence-electron chi connectivity index (χ4n) is 1.05. The molecule has 0 radical (unpaired) electrons. The highest BCUT2D eigenvalue weighted by atomic mass is 16.2. The monoisotopic (exact) mass is 197 g/mol. The van der Waals surface area contributed by atoms with Gasteiger partial charge in [0.15, 0.2) is 0 Å². The largest absolute Gasteiger partial charge is 0.369 e. The van der Waals surface area contributed by atoms with E-state index < -0.39 is 6.03 Å². The average Bonchev–Trinajstić information content (AvgIpc) is 2.18. The Morgan fingerprint density at radius 1 is 1.43 bits per heavy atom. The smallest absolute Gasteiger partial charge is 0.317 e. The molecule has 1 aliphatic rings. The number of amides is 2. The first-order valence-electron chi connectivity index (χ1n) is 3.87. The lowest BCUT2D eigenvalue weighted by Crippen LogP contribution is -2.59. The molecule has 1 fully saturated rings. The molecule has 1 rings (SSSR count). The molecule has 2 amide bonds. The van der Waals surface area contributed by atoms with Gasteiger partial charge in [0, 0.05) is 0 Å². The molecule has 0 aromatic heterocycles. The van der Waals surface area contributed by atoms with Crippen LogP contribution in [0.2, 0.25) is 0 Å². The van der Waals surface area contributed by atoms with Crippen LogP contribution in [0, 0.1) is 11.5 Å². The first-order valence-corrected chi connectivity index (χ1v) is 3.87. The van der Waals surface area contributed by atoms with Crippen LogP contribution < -0.4 is 16.8 Å². The minimum atomic E-state index is -0.549. The molecule has 0 aliphatic carbocycles. The zero-order chi connectivity index (χ0) is 10.6. The van der Waals surface area contributed by atoms with Crippen molar-refractivity contribution in [1.29, 1.82) is 5.26 Å². The maximum Gasteiger partial charge on any atom is 0.317 e. The molecule has 1 heterocycles. The number of nitrogens with one attached hydrogen (secondary N) is 1. The third kappa shape index (κ3) is 2.24. The van der Waals surface area contributed by atoms with Gasteiger partial charge >= 0.3 is 6.03 Å². The molecular formula is C6H11N7O. The lowest BCUT2D eigenvalue weighted by atomic mass is 10.5. The Labute approximate surface area is 80.8 Å². The molecule has 5 N–H and O–H groups in total. The van der Waals surface area contributed by atoms with Crippen molar-refractivity contribution < 1.29 is 4.79 Å². The standard InChI is InChI=1S/C6H11N7O/c7-1-11-5(8)12-2-10-3-13(4-12)6(9)14/h10H,2-4H2,(H2,8,11)(H2,9,14). The summed E-state index contributed by atoms with van der Waals surface area (Å²) in [6.07, 6.45) is 1.57. The van der Waals surface area contributed by atoms with Gasteiger partial charge in [-0.1, -0.05) is 0 Å². The Bertz CT molecular complexity index is 293. The van der Waals surface area contributed by atoms with E-state index in [1.165, 1.54) is 9.80 Å². The van der Waals surface area contributed by atoms with Gasteiger partial charge in [-0.15, -0.1) is 4.99 Å². The van der Waals surface area contributed by atoms with Crippen LogP contribution in [0.25, 0.3) is 0 Å². The minimum Gasteiger partial charge on any atom is -0.369 e. The second kappa shape index (κ2) is 4.29. The van der Waals surface area contributed by atoms with Crippen LogP contribution in [0.15, 0.2) is 4.99 Å². The van der Waals surface area contributed by atoms with E-state index in [2.05, 4.69) is 10.3 Å². The second-order valence-corrected chi connectivity index (χ2v) is 2.70. The highest BCUT2D eigenvalue weighted by Crippen LogP contribution is 1.97. The van der Waals surface area contributed by atoms with Crippen LogP contribution in [0.5, 0.6) is 0 Å². The van der Waals surface area contributed by atoms with Gasteiger partial charge in [-0.2, -0.15) is 5.26 Å². The van der Waals surface area contributed by atoms with Crippen molar-refractivity contribution in [1.82, 2.24) is 15.1 Å². The molecule has 8 heteroatoms. The normalized spacial score (nSPS) is 17.8. The number of nitriles is 1. The van der Waals surface area contributed by atoms with Gasteiger partial charge in [-0.25, -0.2) is 4.79 Å². The van der Waals surface area contributed by atoms with E-state index in [1.807, 2.05) is 0 Å². The van der Waals surface area contributed by atoms with Gasteiger partial charge in [-0.3, -0.25) is 10.2 Å². The summed E-state index contributed by atoms with van der Waals surface area (Å²) in [7, 11) is 0. The number of nitrogens with two attached hydrogens (primary N) is 2. The molecule has 0 aromatic rings. The van der Waals surface area contributed by atoms with E-state index in [0.717, 1.165) is 0 Å². The fraction of sp³-hybridized carbons (Fsp3) is 0.500. The molecule has 0 bridgehead atoms. The van der Waals surface area contributed by atoms with Crippen molar-refractivity contribution in [3.8, 4) is 6.19 Å². The Hall–Kier alpha value is -2.01. The van der Waals surface area contributed by atoms with E-state index in [-0.39, 0.29) is 12.6 Å². The Balaban J connectivity index is 2.61. The van der Waals surface area contributed by atoms with Crippen molar-refractivity contribution in [3.05, 3.63) is 0 Å². The zero-order valence-electron chi connectivity index (χ0n) is 7.47. The van der Waals surface area contributed by atoms with E-state index in [9.17, 15) is 4.79 Å². The summed E-state index contributed by atoms with van der Waals surface area (Å²) in [5.41, 5.74) is 10.5. The van der Waals surface area contributed by atoms with Crippen molar-refractivity contribution in [2.45, 2.75) is 0 Å². The van der Waals surface area contributed by atoms with Crippen molar-refractivity contribution >= 4 is 12.0 Å². The second-order valence-electron chi connectivity index (χ2n) is 2.70. The molecule has 0 atom stereocenters. The zero-order valence-corrected chi connectivity index (χ0v) is 7.47. The highest BCUT2D eigenvalue weighted by molar-refractivity contribution is 5.80. The van der Waals surface area contributed by atoms with Gasteiger partial charge in [0.1, 0.15) is 6.67 Å². The molecule has 0 unspecified atom stereocenters. The van der Waals surface area contributed by atoms with E-state index in [1.54, 1.807) is 6.19 Å². The lowest BCUT2D eigenvalue weighted by Gasteiger charge is -2.35. The summed E-state index contributed by atoms with van der Waals surface area (Å²) in [4.78, 5) is 17.0. The average molecular weight is 197 g/mol. The number of hydrogen-bond acceptors (Lipinski definition) is 4. The molecule has 14 heavy (non-hydrogen) atoms. The third-order valence-electron chi connectivity index (χ3n) is 1.75. The van der Waals surface area contributed by atoms with Gasteiger partial charge in [0.05, 0.1) is 13.3 Å². The predicted octanol–water partition coefficient (Wildman–Crippen LogP) is -2.06. The quantitative estimate of drug-likeness (QED) is 0.234. The van der Waals surface area contributed by atoms with E-state index in [0.29, 0.717) is 13.3 Å². The summed E-state index contributed by atoms with van der Waals surface area (Å²) in [5, 5.41) is 11.2. The van der Waals surface area contributed by atoms with Crippen LogP contribution in [-0.4, -0.2) is 41.8 Å². The summed E-state index contributed by atoms with van der Waals surface area (Å²) >= 11 is 0. The number of aliphatic imine (C=N–C) groups is 1. The van der Waals surface area contributed by atoms with Crippen molar-refractivity contribution in [3.63, 3.8) is 0 Å². The number of guanidine groups is 1. The van der Waals surface area contributed by atoms with Gasteiger partial charge < -0.3 is 16.4 Å².